The number of hydrazone groups is 1. The lowest BCUT2D eigenvalue weighted by Crippen LogP contribution is -2.49. The number of benzene rings is 2. The molecule has 0 aromatic heterocycles. The lowest BCUT2D eigenvalue weighted by atomic mass is 10.0. The Morgan fingerprint density at radius 2 is 1.82 bits per heavy atom. The minimum absolute atomic E-state index is 0.126. The normalized spacial score (nSPS) is 22.1. The lowest BCUT2D eigenvalue weighted by Gasteiger charge is -2.34. The van der Waals surface area contributed by atoms with E-state index in [2.05, 4.69) is 51.9 Å². The molecule has 2 unspecified atom stereocenters. The summed E-state index contributed by atoms with van der Waals surface area (Å²) in [5.41, 5.74) is 6.69. The molecule has 0 spiro atoms. The van der Waals surface area contributed by atoms with Gasteiger partial charge in [0.2, 0.25) is 0 Å². The Kier molecular flexibility index (Phi) is 8.06. The van der Waals surface area contributed by atoms with E-state index < -0.39 is 5.97 Å². The largest absolute Gasteiger partial charge is 0.480 e. The lowest BCUT2D eigenvalue weighted by molar-refractivity contribution is -0.138. The third-order valence-corrected chi connectivity index (χ3v) is 6.16. The van der Waals surface area contributed by atoms with Crippen LogP contribution in [0.4, 0.5) is 0 Å². The molecule has 0 saturated carbocycles. The van der Waals surface area contributed by atoms with Crippen molar-refractivity contribution in [3.05, 3.63) is 71.3 Å². The Hall–Kier alpha value is -2.78. The molecule has 33 heavy (non-hydrogen) atoms. The first-order valence-electron chi connectivity index (χ1n) is 11.5. The molecular weight excluding hydrogens is 418 g/mol. The maximum Gasteiger partial charge on any atom is 0.317 e. The summed E-state index contributed by atoms with van der Waals surface area (Å²) in [6.45, 7) is 5.10. The van der Waals surface area contributed by atoms with Crippen LogP contribution in [0.25, 0.3) is 0 Å². The van der Waals surface area contributed by atoms with Crippen molar-refractivity contribution < 1.29 is 14.7 Å². The number of carbonyl (C=O) groups is 1. The second-order valence-electron chi connectivity index (χ2n) is 8.83. The highest BCUT2D eigenvalue weighted by Crippen LogP contribution is 2.26. The summed E-state index contributed by atoms with van der Waals surface area (Å²) in [6.07, 6.45) is 2.94. The molecule has 0 amide bonds. The quantitative estimate of drug-likeness (QED) is 0.447. The van der Waals surface area contributed by atoms with Crippen LogP contribution < -0.4 is 5.48 Å². The molecule has 2 saturated heterocycles. The van der Waals surface area contributed by atoms with Crippen molar-refractivity contribution in [3.63, 3.8) is 0 Å². The Morgan fingerprint density at radius 1 is 1.12 bits per heavy atom. The smallest absolute Gasteiger partial charge is 0.317 e. The molecular formula is C25H33N5O3. The minimum atomic E-state index is -0.758. The summed E-state index contributed by atoms with van der Waals surface area (Å²) in [6, 6.07) is 18.9. The van der Waals surface area contributed by atoms with Crippen molar-refractivity contribution in [1.29, 1.82) is 0 Å². The number of hydrogen-bond acceptors (Lipinski definition) is 7. The molecule has 2 aromatic rings. The van der Waals surface area contributed by atoms with Crippen LogP contribution in [0.5, 0.6) is 0 Å². The van der Waals surface area contributed by atoms with Crippen molar-refractivity contribution in [2.45, 2.75) is 25.1 Å². The molecule has 2 N–H and O–H groups in total. The van der Waals surface area contributed by atoms with Crippen molar-refractivity contribution in [2.24, 2.45) is 5.10 Å². The van der Waals surface area contributed by atoms with E-state index in [0.29, 0.717) is 0 Å². The fraction of sp³-hybridized carbons (Fsp3) is 0.440. The molecule has 2 heterocycles. The maximum atomic E-state index is 10.9. The van der Waals surface area contributed by atoms with E-state index in [-0.39, 0.29) is 18.7 Å². The van der Waals surface area contributed by atoms with Gasteiger partial charge in [-0.05, 0) is 23.1 Å². The van der Waals surface area contributed by atoms with Gasteiger partial charge in [0.1, 0.15) is 0 Å². The maximum absolute atomic E-state index is 10.9. The van der Waals surface area contributed by atoms with E-state index in [4.69, 9.17) is 9.94 Å². The average Bonchev–Trinajstić information content (AvgIpc) is 3.28. The van der Waals surface area contributed by atoms with Crippen molar-refractivity contribution in [2.75, 3.05) is 46.3 Å². The summed E-state index contributed by atoms with van der Waals surface area (Å²) in [5, 5.41) is 15.4. The van der Waals surface area contributed by atoms with Gasteiger partial charge < -0.3 is 5.11 Å². The highest BCUT2D eigenvalue weighted by molar-refractivity contribution is 5.79. The monoisotopic (exact) mass is 451 g/mol. The molecule has 8 nitrogen and oxygen atoms in total. The summed E-state index contributed by atoms with van der Waals surface area (Å²) in [5.74, 6) is -0.758. The fourth-order valence-corrected chi connectivity index (χ4v) is 4.33. The van der Waals surface area contributed by atoms with E-state index >= 15 is 0 Å². The summed E-state index contributed by atoms with van der Waals surface area (Å²) >= 11 is 0. The van der Waals surface area contributed by atoms with Crippen LogP contribution in [0.1, 0.15) is 29.2 Å². The SMILES string of the molecule is CN(Cc1ccccc1)N=Cc1ccc(C2CC(CN3CCN(CC(=O)O)CC3)ON2)cc1. The van der Waals surface area contributed by atoms with Crippen LogP contribution in [0.15, 0.2) is 59.7 Å². The van der Waals surface area contributed by atoms with Gasteiger partial charge in [-0.15, -0.1) is 0 Å². The third-order valence-electron chi connectivity index (χ3n) is 6.16. The second-order valence-corrected chi connectivity index (χ2v) is 8.83. The number of nitrogens with zero attached hydrogens (tertiary/aromatic N) is 4. The zero-order valence-corrected chi connectivity index (χ0v) is 19.1. The third kappa shape index (κ3) is 7.10. The minimum Gasteiger partial charge on any atom is -0.480 e. The van der Waals surface area contributed by atoms with Gasteiger partial charge in [-0.25, -0.2) is 0 Å². The Morgan fingerprint density at radius 3 is 2.52 bits per heavy atom. The molecule has 2 aromatic carbocycles. The van der Waals surface area contributed by atoms with Crippen molar-refractivity contribution >= 4 is 12.2 Å². The first kappa shape index (κ1) is 23.4. The Labute approximate surface area is 195 Å². The van der Waals surface area contributed by atoms with Gasteiger partial charge >= 0.3 is 5.97 Å². The second kappa shape index (κ2) is 11.4. The van der Waals surface area contributed by atoms with E-state index in [1.807, 2.05) is 41.4 Å². The van der Waals surface area contributed by atoms with Crippen LogP contribution in [0, 0.1) is 0 Å². The molecule has 176 valence electrons. The molecule has 2 aliphatic heterocycles. The molecule has 2 fully saturated rings. The average molecular weight is 452 g/mol. The summed E-state index contributed by atoms with van der Waals surface area (Å²) < 4.78 is 0. The van der Waals surface area contributed by atoms with Gasteiger partial charge in [0.05, 0.1) is 31.4 Å². The molecule has 2 aliphatic rings. The number of rotatable bonds is 9. The van der Waals surface area contributed by atoms with Crippen LogP contribution in [0.3, 0.4) is 0 Å². The number of carboxylic acid groups (broad SMARTS) is 1. The van der Waals surface area contributed by atoms with E-state index in [9.17, 15) is 4.79 Å². The molecule has 2 atom stereocenters. The van der Waals surface area contributed by atoms with Crippen molar-refractivity contribution in [1.82, 2.24) is 20.3 Å². The first-order chi connectivity index (χ1) is 16.0. The van der Waals surface area contributed by atoms with Crippen molar-refractivity contribution in [3.8, 4) is 0 Å². The molecule has 0 bridgehead atoms. The van der Waals surface area contributed by atoms with Gasteiger partial charge in [-0.2, -0.15) is 10.6 Å². The van der Waals surface area contributed by atoms with Gasteiger partial charge in [-0.1, -0.05) is 54.6 Å². The molecule has 4 rings (SSSR count). The van der Waals surface area contributed by atoms with Gasteiger partial charge in [0.25, 0.3) is 0 Å². The van der Waals surface area contributed by atoms with Gasteiger partial charge in [0, 0.05) is 39.8 Å². The number of hydrogen-bond donors (Lipinski definition) is 2. The fourth-order valence-electron chi connectivity index (χ4n) is 4.33. The first-order valence-corrected chi connectivity index (χ1v) is 11.5. The number of carboxylic acids is 1. The van der Waals surface area contributed by atoms with Crippen LogP contribution in [0.2, 0.25) is 0 Å². The van der Waals surface area contributed by atoms with Crippen LogP contribution in [-0.2, 0) is 16.2 Å². The predicted molar refractivity (Wildman–Crippen MR) is 128 cm³/mol. The molecule has 0 aliphatic carbocycles. The number of aliphatic carboxylic acids is 1. The molecule has 0 radical (unpaired) electrons. The molecule has 8 heteroatoms. The predicted octanol–water partition coefficient (Wildman–Crippen LogP) is 2.19. The van der Waals surface area contributed by atoms with E-state index in [1.165, 1.54) is 11.1 Å². The summed E-state index contributed by atoms with van der Waals surface area (Å²) in [7, 11) is 1.98. The number of nitrogens with one attached hydrogen (secondary N) is 1. The zero-order chi connectivity index (χ0) is 23.0. The van der Waals surface area contributed by atoms with Gasteiger partial charge in [-0.3, -0.25) is 24.4 Å². The van der Waals surface area contributed by atoms with Crippen LogP contribution in [-0.4, -0.2) is 84.5 Å². The Balaban J connectivity index is 1.21. The summed E-state index contributed by atoms with van der Waals surface area (Å²) in [4.78, 5) is 21.1. The van der Waals surface area contributed by atoms with E-state index in [0.717, 1.165) is 51.3 Å². The van der Waals surface area contributed by atoms with E-state index in [1.54, 1.807) is 0 Å². The number of hydroxylamine groups is 1. The topological polar surface area (TPSA) is 80.6 Å². The number of piperazine rings is 1. The highest BCUT2D eigenvalue weighted by Gasteiger charge is 2.29. The van der Waals surface area contributed by atoms with Gasteiger partial charge in [0.15, 0.2) is 0 Å². The Bertz CT molecular complexity index is 913. The standard InChI is InChI=1S/C25H33N5O3/c1-28(17-21-5-3-2-4-6-21)26-16-20-7-9-22(10-8-20)24-15-23(33-27-24)18-29-11-13-30(14-12-29)19-25(31)32/h2-10,16,23-24,27H,11-15,17-19H2,1H3,(H,31,32). The highest BCUT2D eigenvalue weighted by atomic mass is 16.7. The van der Waals surface area contributed by atoms with Crippen LogP contribution >= 0.6 is 0 Å². The zero-order valence-electron chi connectivity index (χ0n) is 19.1.